The van der Waals surface area contributed by atoms with E-state index in [1.807, 2.05) is 36.7 Å². The fourth-order valence-corrected chi connectivity index (χ4v) is 4.30. The van der Waals surface area contributed by atoms with Crippen LogP contribution in [0.4, 0.5) is 4.79 Å². The average Bonchev–Trinajstić information content (AvgIpc) is 3.07. The van der Waals surface area contributed by atoms with Gasteiger partial charge in [0, 0.05) is 31.2 Å². The lowest BCUT2D eigenvalue weighted by Crippen LogP contribution is -2.29. The second-order valence-electron chi connectivity index (χ2n) is 7.64. The third-order valence-electron chi connectivity index (χ3n) is 5.68. The van der Waals surface area contributed by atoms with Crippen LogP contribution in [-0.2, 0) is 19.4 Å². The molecule has 0 unspecified atom stereocenters. The second kappa shape index (κ2) is 8.61. The van der Waals surface area contributed by atoms with E-state index in [0.29, 0.717) is 12.6 Å². The molecule has 0 saturated carbocycles. The maximum absolute atomic E-state index is 10.7. The van der Waals surface area contributed by atoms with Crippen LogP contribution in [-0.4, -0.2) is 44.1 Å². The summed E-state index contributed by atoms with van der Waals surface area (Å²) in [6, 6.07) is 10.5. The van der Waals surface area contributed by atoms with E-state index >= 15 is 0 Å². The Kier molecular flexibility index (Phi) is 5.76. The summed E-state index contributed by atoms with van der Waals surface area (Å²) in [5, 5.41) is 11.2. The molecule has 2 N–H and O–H groups in total. The molecule has 1 aliphatic rings. The normalized spacial score (nSPS) is 16.1. The highest BCUT2D eigenvalue weighted by atomic mass is 16.4. The lowest BCUT2D eigenvalue weighted by molar-refractivity contribution is 0.194. The van der Waals surface area contributed by atoms with Crippen molar-refractivity contribution in [3.63, 3.8) is 0 Å². The fourth-order valence-electron chi connectivity index (χ4n) is 4.30. The van der Waals surface area contributed by atoms with Gasteiger partial charge in [-0.15, -0.1) is 0 Å². The molecule has 29 heavy (non-hydrogen) atoms. The Morgan fingerprint density at radius 3 is 3.10 bits per heavy atom. The second-order valence-corrected chi connectivity index (χ2v) is 7.64. The Balaban J connectivity index is 1.56. The first kappa shape index (κ1) is 19.4. The standard InChI is InChI=1S/C22H27N5O2/c1-26(19-9-4-7-16-8-5-12-23-21(16)19)15-17-18(10-6-13-24-22(28)29)27-14-3-2-11-20(27)25-17/h2-3,5,8,11-12,14,19,24H,4,6-7,9-10,13,15H2,1H3,(H,28,29)/t19-/m0/s1. The Morgan fingerprint density at radius 1 is 1.34 bits per heavy atom. The number of imidazole rings is 1. The molecule has 3 heterocycles. The monoisotopic (exact) mass is 393 g/mol. The molecule has 0 spiro atoms. The number of hydrogen-bond acceptors (Lipinski definition) is 4. The summed E-state index contributed by atoms with van der Waals surface area (Å²) < 4.78 is 2.12. The molecule has 1 amide bonds. The first-order valence-corrected chi connectivity index (χ1v) is 10.2. The van der Waals surface area contributed by atoms with Gasteiger partial charge < -0.3 is 14.8 Å². The molecular weight excluding hydrogens is 366 g/mol. The van der Waals surface area contributed by atoms with Gasteiger partial charge in [-0.3, -0.25) is 9.88 Å². The number of nitrogens with zero attached hydrogens (tertiary/aromatic N) is 4. The SMILES string of the molecule is CN(Cc1nc2ccccn2c1CCCNC(=O)O)[C@H]1CCCc2cccnc21. The molecule has 3 aromatic rings. The minimum absolute atomic E-state index is 0.297. The summed E-state index contributed by atoms with van der Waals surface area (Å²) in [5.74, 6) is 0. The largest absolute Gasteiger partial charge is 0.465 e. The van der Waals surface area contributed by atoms with Gasteiger partial charge in [-0.25, -0.2) is 9.78 Å². The number of aromatic nitrogens is 3. The molecule has 152 valence electrons. The van der Waals surface area contributed by atoms with Crippen molar-refractivity contribution >= 4 is 11.7 Å². The van der Waals surface area contributed by atoms with Gasteiger partial charge in [0.05, 0.1) is 17.4 Å². The number of aryl methyl sites for hydroxylation is 2. The van der Waals surface area contributed by atoms with Crippen molar-refractivity contribution in [2.24, 2.45) is 0 Å². The van der Waals surface area contributed by atoms with E-state index in [-0.39, 0.29) is 0 Å². The van der Waals surface area contributed by atoms with E-state index in [9.17, 15) is 4.79 Å². The van der Waals surface area contributed by atoms with Gasteiger partial charge in [0.1, 0.15) is 5.65 Å². The number of hydrogen-bond donors (Lipinski definition) is 2. The first-order valence-electron chi connectivity index (χ1n) is 10.2. The summed E-state index contributed by atoms with van der Waals surface area (Å²) >= 11 is 0. The summed E-state index contributed by atoms with van der Waals surface area (Å²) in [7, 11) is 2.15. The van der Waals surface area contributed by atoms with Gasteiger partial charge in [0.2, 0.25) is 0 Å². The van der Waals surface area contributed by atoms with Crippen LogP contribution in [0.15, 0.2) is 42.7 Å². The van der Waals surface area contributed by atoms with Gasteiger partial charge in [-0.05, 0) is 62.9 Å². The van der Waals surface area contributed by atoms with Crippen LogP contribution in [0.25, 0.3) is 5.65 Å². The summed E-state index contributed by atoms with van der Waals surface area (Å²) in [5.41, 5.74) is 5.68. The predicted octanol–water partition coefficient (Wildman–Crippen LogP) is 3.44. The van der Waals surface area contributed by atoms with Gasteiger partial charge >= 0.3 is 6.09 Å². The summed E-state index contributed by atoms with van der Waals surface area (Å²) in [4.78, 5) is 22.6. The van der Waals surface area contributed by atoms with E-state index in [1.54, 1.807) is 0 Å². The van der Waals surface area contributed by atoms with E-state index in [2.05, 4.69) is 32.7 Å². The molecular formula is C22H27N5O2. The number of nitrogens with one attached hydrogen (secondary N) is 1. The van der Waals surface area contributed by atoms with Gasteiger partial charge in [-0.1, -0.05) is 12.1 Å². The van der Waals surface area contributed by atoms with Crippen LogP contribution in [0.5, 0.6) is 0 Å². The molecule has 0 bridgehead atoms. The molecule has 4 rings (SSSR count). The number of amides is 1. The number of carboxylic acid groups (broad SMARTS) is 1. The van der Waals surface area contributed by atoms with Crippen molar-refractivity contribution in [3.8, 4) is 0 Å². The molecule has 1 aliphatic carbocycles. The van der Waals surface area contributed by atoms with Crippen LogP contribution in [0.3, 0.4) is 0 Å². The molecule has 0 aromatic carbocycles. The van der Waals surface area contributed by atoms with Crippen LogP contribution >= 0.6 is 0 Å². The number of fused-ring (bicyclic) bond motifs is 2. The minimum Gasteiger partial charge on any atom is -0.465 e. The van der Waals surface area contributed by atoms with Gasteiger partial charge in [-0.2, -0.15) is 0 Å². The van der Waals surface area contributed by atoms with Gasteiger partial charge in [0.15, 0.2) is 0 Å². The zero-order valence-electron chi connectivity index (χ0n) is 16.7. The quantitative estimate of drug-likeness (QED) is 0.601. The fraction of sp³-hybridized carbons (Fsp3) is 0.409. The number of carbonyl (C=O) groups is 1. The van der Waals surface area contributed by atoms with Crippen molar-refractivity contribution in [1.29, 1.82) is 0 Å². The third-order valence-corrected chi connectivity index (χ3v) is 5.68. The smallest absolute Gasteiger partial charge is 0.404 e. The Hall–Kier alpha value is -2.93. The highest BCUT2D eigenvalue weighted by Crippen LogP contribution is 2.33. The highest BCUT2D eigenvalue weighted by Gasteiger charge is 2.26. The lowest BCUT2D eigenvalue weighted by Gasteiger charge is -2.32. The third kappa shape index (κ3) is 4.24. The maximum Gasteiger partial charge on any atom is 0.404 e. The molecule has 0 radical (unpaired) electrons. The van der Waals surface area contributed by atoms with E-state index in [1.165, 1.54) is 17.7 Å². The van der Waals surface area contributed by atoms with Crippen LogP contribution in [0, 0.1) is 0 Å². The zero-order chi connectivity index (χ0) is 20.2. The van der Waals surface area contributed by atoms with Crippen molar-refractivity contribution in [3.05, 3.63) is 65.4 Å². The molecule has 7 nitrogen and oxygen atoms in total. The molecule has 1 atom stereocenters. The van der Waals surface area contributed by atoms with E-state index < -0.39 is 6.09 Å². The molecule has 0 fully saturated rings. The van der Waals surface area contributed by atoms with Gasteiger partial charge in [0.25, 0.3) is 0 Å². The first-order chi connectivity index (χ1) is 14.1. The van der Waals surface area contributed by atoms with Crippen molar-refractivity contribution in [2.45, 2.75) is 44.7 Å². The van der Waals surface area contributed by atoms with E-state index in [0.717, 1.165) is 49.3 Å². The van der Waals surface area contributed by atoms with Crippen LogP contribution in [0.2, 0.25) is 0 Å². The van der Waals surface area contributed by atoms with Crippen molar-refractivity contribution in [1.82, 2.24) is 24.6 Å². The summed E-state index contributed by atoms with van der Waals surface area (Å²) in [6.07, 6.45) is 7.82. The number of pyridine rings is 2. The predicted molar refractivity (Wildman–Crippen MR) is 111 cm³/mol. The van der Waals surface area contributed by atoms with Crippen LogP contribution in [0.1, 0.15) is 47.9 Å². The van der Waals surface area contributed by atoms with Crippen LogP contribution < -0.4 is 5.32 Å². The van der Waals surface area contributed by atoms with Crippen molar-refractivity contribution < 1.29 is 9.90 Å². The zero-order valence-corrected chi connectivity index (χ0v) is 16.7. The Bertz CT molecular complexity index is 1000. The minimum atomic E-state index is -0.980. The maximum atomic E-state index is 10.7. The van der Waals surface area contributed by atoms with E-state index in [4.69, 9.17) is 10.1 Å². The average molecular weight is 393 g/mol. The summed E-state index contributed by atoms with van der Waals surface area (Å²) in [6.45, 7) is 1.18. The molecule has 0 saturated heterocycles. The van der Waals surface area contributed by atoms with Crippen molar-refractivity contribution in [2.75, 3.05) is 13.6 Å². The molecule has 3 aromatic heterocycles. The number of rotatable bonds is 7. The lowest BCUT2D eigenvalue weighted by atomic mass is 9.91. The Morgan fingerprint density at radius 2 is 2.24 bits per heavy atom. The molecule has 0 aliphatic heterocycles. The Labute approximate surface area is 170 Å². The molecule has 7 heteroatoms. The topological polar surface area (TPSA) is 82.8 Å². The highest BCUT2D eigenvalue weighted by molar-refractivity contribution is 5.64.